The lowest BCUT2D eigenvalue weighted by atomic mass is 9.89. The van der Waals surface area contributed by atoms with Crippen LogP contribution < -0.4 is 5.32 Å². The van der Waals surface area contributed by atoms with Gasteiger partial charge >= 0.3 is 0 Å². The largest absolute Gasteiger partial charge is 0.312 e. The number of nitrogens with one attached hydrogen (secondary N) is 1. The maximum absolute atomic E-state index is 6.19. The Morgan fingerprint density at radius 3 is 3.00 bits per heavy atom. The van der Waals surface area contributed by atoms with E-state index in [1.165, 1.54) is 31.2 Å². The minimum absolute atomic E-state index is 0.404. The number of hydrogen-bond acceptors (Lipinski definition) is 1. The van der Waals surface area contributed by atoms with Crippen molar-refractivity contribution in [2.24, 2.45) is 5.92 Å². The van der Waals surface area contributed by atoms with Crippen molar-refractivity contribution in [1.82, 2.24) is 5.32 Å². The van der Waals surface area contributed by atoms with Crippen LogP contribution in [0.1, 0.15) is 31.2 Å². The minimum atomic E-state index is 0.404. The minimum Gasteiger partial charge on any atom is -0.312 e. The molecule has 94 valence electrons. The van der Waals surface area contributed by atoms with Crippen LogP contribution in [0.2, 0.25) is 0 Å². The fourth-order valence-corrected chi connectivity index (χ4v) is 3.33. The predicted octanol–water partition coefficient (Wildman–Crippen LogP) is 4.34. The number of halogens is 2. The molecule has 0 spiro atoms. The van der Waals surface area contributed by atoms with Crippen LogP contribution in [-0.4, -0.2) is 11.9 Å². The molecule has 0 saturated heterocycles. The molecular formula is C14H19BrClN. The summed E-state index contributed by atoms with van der Waals surface area (Å²) in [5, 5.41) is 3.94. The summed E-state index contributed by atoms with van der Waals surface area (Å²) in [7, 11) is 0. The van der Waals surface area contributed by atoms with Gasteiger partial charge in [0.25, 0.3) is 0 Å². The Morgan fingerprint density at radius 1 is 1.35 bits per heavy atom. The zero-order chi connectivity index (χ0) is 12.1. The molecule has 1 saturated carbocycles. The van der Waals surface area contributed by atoms with E-state index >= 15 is 0 Å². The Kier molecular flexibility index (Phi) is 5.33. The van der Waals surface area contributed by atoms with Crippen LogP contribution in [0.15, 0.2) is 28.7 Å². The molecule has 3 heteroatoms. The number of alkyl halides is 1. The van der Waals surface area contributed by atoms with E-state index in [2.05, 4.69) is 45.5 Å². The fraction of sp³-hybridized carbons (Fsp3) is 0.571. The maximum Gasteiger partial charge on any atom is 0.0339 e. The van der Waals surface area contributed by atoms with Gasteiger partial charge in [0.05, 0.1) is 0 Å². The van der Waals surface area contributed by atoms with Crippen molar-refractivity contribution in [3.05, 3.63) is 34.3 Å². The second kappa shape index (κ2) is 6.77. The van der Waals surface area contributed by atoms with Gasteiger partial charge < -0.3 is 5.32 Å². The van der Waals surface area contributed by atoms with E-state index in [4.69, 9.17) is 11.6 Å². The van der Waals surface area contributed by atoms with Crippen LogP contribution >= 0.6 is 27.5 Å². The molecule has 0 radical (unpaired) electrons. The molecule has 2 atom stereocenters. The second-order valence-corrected chi connectivity index (χ2v) is 6.42. The zero-order valence-electron chi connectivity index (χ0n) is 9.96. The molecule has 1 aromatic rings. The van der Waals surface area contributed by atoms with E-state index < -0.39 is 0 Å². The van der Waals surface area contributed by atoms with Crippen LogP contribution in [0.5, 0.6) is 0 Å². The van der Waals surface area contributed by atoms with Gasteiger partial charge in [0.2, 0.25) is 0 Å². The Bertz CT molecular complexity index is 356. The van der Waals surface area contributed by atoms with E-state index in [9.17, 15) is 0 Å². The highest BCUT2D eigenvalue weighted by Gasteiger charge is 2.19. The molecule has 1 aliphatic rings. The monoisotopic (exact) mass is 315 g/mol. The Hall–Kier alpha value is -0.0500. The molecule has 0 heterocycles. The molecule has 2 rings (SSSR count). The van der Waals surface area contributed by atoms with Crippen LogP contribution in [0, 0.1) is 5.92 Å². The van der Waals surface area contributed by atoms with Crippen molar-refractivity contribution in [2.75, 3.05) is 6.54 Å². The van der Waals surface area contributed by atoms with Gasteiger partial charge in [0.15, 0.2) is 0 Å². The summed E-state index contributed by atoms with van der Waals surface area (Å²) in [4.78, 5) is 0. The summed E-state index contributed by atoms with van der Waals surface area (Å²) >= 11 is 9.69. The highest BCUT2D eigenvalue weighted by Crippen LogP contribution is 2.27. The molecular weight excluding hydrogens is 298 g/mol. The third-order valence-corrected chi connectivity index (χ3v) is 4.26. The third kappa shape index (κ3) is 4.61. The second-order valence-electron chi connectivity index (χ2n) is 4.89. The molecule has 0 amide bonds. The summed E-state index contributed by atoms with van der Waals surface area (Å²) in [6.07, 6.45) is 4.99. The normalized spacial score (nSPS) is 24.8. The van der Waals surface area contributed by atoms with Gasteiger partial charge in [-0.15, -0.1) is 11.6 Å². The topological polar surface area (TPSA) is 12.0 Å². The molecule has 0 aliphatic heterocycles. The summed E-state index contributed by atoms with van der Waals surface area (Å²) < 4.78 is 1.15. The first-order valence-electron chi connectivity index (χ1n) is 6.33. The fourth-order valence-electron chi connectivity index (χ4n) is 2.48. The van der Waals surface area contributed by atoms with Gasteiger partial charge in [0.1, 0.15) is 0 Å². The zero-order valence-corrected chi connectivity index (χ0v) is 12.3. The number of hydrogen-bond donors (Lipinski definition) is 1. The molecule has 1 nitrogen and oxygen atoms in total. The van der Waals surface area contributed by atoms with Gasteiger partial charge in [0, 0.05) is 16.4 Å². The first-order chi connectivity index (χ1) is 8.24. The molecule has 17 heavy (non-hydrogen) atoms. The summed E-state index contributed by atoms with van der Waals surface area (Å²) in [6.45, 7) is 2.04. The molecule has 1 aliphatic carbocycles. The lowest BCUT2D eigenvalue weighted by Crippen LogP contribution is -2.27. The van der Waals surface area contributed by atoms with Crippen molar-refractivity contribution < 1.29 is 0 Å². The van der Waals surface area contributed by atoms with E-state index in [-0.39, 0.29) is 0 Å². The third-order valence-electron chi connectivity index (χ3n) is 3.37. The Balaban J connectivity index is 1.72. The van der Waals surface area contributed by atoms with Crippen LogP contribution in [0.4, 0.5) is 0 Å². The lowest BCUT2D eigenvalue weighted by molar-refractivity contribution is 0.346. The van der Waals surface area contributed by atoms with Gasteiger partial charge in [-0.3, -0.25) is 0 Å². The van der Waals surface area contributed by atoms with E-state index in [0.29, 0.717) is 5.38 Å². The molecule has 1 N–H and O–H groups in total. The first-order valence-corrected chi connectivity index (χ1v) is 7.56. The van der Waals surface area contributed by atoms with Crippen LogP contribution in [0.25, 0.3) is 0 Å². The van der Waals surface area contributed by atoms with Crippen molar-refractivity contribution in [3.63, 3.8) is 0 Å². The Morgan fingerprint density at radius 2 is 2.24 bits per heavy atom. The van der Waals surface area contributed by atoms with Gasteiger partial charge in [-0.2, -0.15) is 0 Å². The summed E-state index contributed by atoms with van der Waals surface area (Å²) in [5.41, 5.74) is 1.33. The van der Waals surface area contributed by atoms with E-state index in [1.807, 2.05) is 0 Å². The van der Waals surface area contributed by atoms with E-state index in [0.717, 1.165) is 23.5 Å². The average Bonchev–Trinajstić information content (AvgIpc) is 2.29. The Labute approximate surface area is 117 Å². The molecule has 0 bridgehead atoms. The van der Waals surface area contributed by atoms with Crippen LogP contribution in [-0.2, 0) is 6.54 Å². The van der Waals surface area contributed by atoms with Gasteiger partial charge in [-0.25, -0.2) is 0 Å². The van der Waals surface area contributed by atoms with Gasteiger partial charge in [-0.1, -0.05) is 34.5 Å². The van der Waals surface area contributed by atoms with Gasteiger partial charge in [-0.05, 0) is 49.4 Å². The molecule has 0 aromatic heterocycles. The molecule has 2 unspecified atom stereocenters. The van der Waals surface area contributed by atoms with Crippen molar-refractivity contribution in [1.29, 1.82) is 0 Å². The number of benzene rings is 1. The molecule has 1 fully saturated rings. The highest BCUT2D eigenvalue weighted by atomic mass is 79.9. The summed E-state index contributed by atoms with van der Waals surface area (Å²) in [5.74, 6) is 0.762. The van der Waals surface area contributed by atoms with Crippen molar-refractivity contribution in [2.45, 2.75) is 37.6 Å². The predicted molar refractivity (Wildman–Crippen MR) is 77.4 cm³/mol. The SMILES string of the molecule is ClC1CCCC(CNCc2cccc(Br)c2)C1. The quantitative estimate of drug-likeness (QED) is 0.815. The van der Waals surface area contributed by atoms with Crippen molar-refractivity contribution >= 4 is 27.5 Å². The lowest BCUT2D eigenvalue weighted by Gasteiger charge is -2.25. The first kappa shape index (κ1) is 13.4. The number of rotatable bonds is 4. The molecule has 1 aromatic carbocycles. The average molecular weight is 317 g/mol. The van der Waals surface area contributed by atoms with E-state index in [1.54, 1.807) is 0 Å². The maximum atomic E-state index is 6.19. The smallest absolute Gasteiger partial charge is 0.0339 e. The van der Waals surface area contributed by atoms with Crippen LogP contribution in [0.3, 0.4) is 0 Å². The summed E-state index contributed by atoms with van der Waals surface area (Å²) in [6, 6.07) is 8.46. The standard InChI is InChI=1S/C14H19BrClN/c15-13-5-1-3-11(7-13)9-17-10-12-4-2-6-14(16)8-12/h1,3,5,7,12,14,17H,2,4,6,8-10H2. The highest BCUT2D eigenvalue weighted by molar-refractivity contribution is 9.10. The van der Waals surface area contributed by atoms with Crippen molar-refractivity contribution in [3.8, 4) is 0 Å².